The van der Waals surface area contributed by atoms with E-state index in [0.29, 0.717) is 5.56 Å². The number of nitrogens with zero attached hydrogens (tertiary/aromatic N) is 2. The molecule has 0 aliphatic heterocycles. The fourth-order valence-corrected chi connectivity index (χ4v) is 5.10. The molecule has 1 atom stereocenters. The lowest BCUT2D eigenvalue weighted by molar-refractivity contribution is -0.138. The first-order valence-corrected chi connectivity index (χ1v) is 10.8. The average molecular weight is 417 g/mol. The Morgan fingerprint density at radius 3 is 1.94 bits per heavy atom. The SMILES string of the molecule is CCn1c(C)c(C(=O)CC(C(=O)O)c2c(C)n(CC)c3ccccc23)c2ccccc21. The molecule has 1 N–H and O–H groups in total. The standard InChI is InChI=1S/C26H28N2O3/c1-5-27-16(3)24(18-11-7-9-13-21(18)27)20(26(30)31)15-23(29)25-17(4)28(6-2)22-14-10-8-12-19(22)25/h7-14,20H,5-6,15H2,1-4H3,(H,30,31). The lowest BCUT2D eigenvalue weighted by atomic mass is 9.89. The number of rotatable bonds is 7. The van der Waals surface area contributed by atoms with Gasteiger partial charge in [0.15, 0.2) is 5.78 Å². The number of hydrogen-bond donors (Lipinski definition) is 1. The molecule has 31 heavy (non-hydrogen) atoms. The van der Waals surface area contributed by atoms with Crippen molar-refractivity contribution in [3.63, 3.8) is 0 Å². The van der Waals surface area contributed by atoms with Gasteiger partial charge in [-0.2, -0.15) is 0 Å². The number of carbonyl (C=O) groups excluding carboxylic acids is 1. The van der Waals surface area contributed by atoms with E-state index < -0.39 is 11.9 Å². The van der Waals surface area contributed by atoms with Gasteiger partial charge in [-0.3, -0.25) is 9.59 Å². The zero-order valence-electron chi connectivity index (χ0n) is 18.5. The van der Waals surface area contributed by atoms with Gasteiger partial charge in [0.2, 0.25) is 0 Å². The molecule has 0 spiro atoms. The van der Waals surface area contributed by atoms with Crippen LogP contribution in [0.1, 0.15) is 53.5 Å². The molecule has 5 nitrogen and oxygen atoms in total. The molecule has 2 aromatic heterocycles. The number of aryl methyl sites for hydroxylation is 2. The van der Waals surface area contributed by atoms with Crippen LogP contribution in [0, 0.1) is 13.8 Å². The second-order valence-electron chi connectivity index (χ2n) is 8.00. The number of hydrogen-bond acceptors (Lipinski definition) is 2. The first-order chi connectivity index (χ1) is 14.9. The van der Waals surface area contributed by atoms with Crippen LogP contribution in [0.5, 0.6) is 0 Å². The molecule has 0 radical (unpaired) electrons. The molecular formula is C26H28N2O3. The van der Waals surface area contributed by atoms with Crippen molar-refractivity contribution in [2.75, 3.05) is 0 Å². The zero-order chi connectivity index (χ0) is 22.3. The number of carboxylic acid groups (broad SMARTS) is 1. The topological polar surface area (TPSA) is 64.2 Å². The molecule has 0 bridgehead atoms. The van der Waals surface area contributed by atoms with E-state index in [1.165, 1.54) is 0 Å². The Balaban J connectivity index is 1.84. The predicted molar refractivity (Wildman–Crippen MR) is 124 cm³/mol. The van der Waals surface area contributed by atoms with Crippen molar-refractivity contribution in [1.29, 1.82) is 0 Å². The summed E-state index contributed by atoms with van der Waals surface area (Å²) in [5, 5.41) is 12.0. The summed E-state index contributed by atoms with van der Waals surface area (Å²) in [5.74, 6) is -1.98. The molecular weight excluding hydrogens is 388 g/mol. The number of ketones is 1. The van der Waals surface area contributed by atoms with E-state index >= 15 is 0 Å². The van der Waals surface area contributed by atoms with Crippen molar-refractivity contribution >= 4 is 33.6 Å². The van der Waals surface area contributed by atoms with Gasteiger partial charge in [0.05, 0.1) is 5.92 Å². The van der Waals surface area contributed by atoms with Gasteiger partial charge in [-0.05, 0) is 45.4 Å². The smallest absolute Gasteiger partial charge is 0.311 e. The summed E-state index contributed by atoms with van der Waals surface area (Å²) in [6.45, 7) is 9.50. The third-order valence-electron chi connectivity index (χ3n) is 6.46. The minimum absolute atomic E-state index is 0.0630. The second kappa shape index (κ2) is 8.06. The Morgan fingerprint density at radius 2 is 1.35 bits per heavy atom. The molecule has 0 saturated carbocycles. The highest BCUT2D eigenvalue weighted by molar-refractivity contribution is 6.11. The van der Waals surface area contributed by atoms with Crippen molar-refractivity contribution in [3.05, 3.63) is 71.0 Å². The van der Waals surface area contributed by atoms with Gasteiger partial charge in [-0.25, -0.2) is 0 Å². The highest BCUT2D eigenvalue weighted by Crippen LogP contribution is 2.36. The van der Waals surface area contributed by atoms with Gasteiger partial charge < -0.3 is 14.2 Å². The van der Waals surface area contributed by atoms with E-state index in [-0.39, 0.29) is 12.2 Å². The minimum Gasteiger partial charge on any atom is -0.481 e. The van der Waals surface area contributed by atoms with Crippen molar-refractivity contribution in [2.45, 2.75) is 53.1 Å². The average Bonchev–Trinajstić information content (AvgIpc) is 3.21. The van der Waals surface area contributed by atoms with Crippen molar-refractivity contribution < 1.29 is 14.7 Å². The summed E-state index contributed by atoms with van der Waals surface area (Å²) in [6.07, 6.45) is -0.0630. The van der Waals surface area contributed by atoms with E-state index in [2.05, 4.69) is 16.1 Å². The van der Waals surface area contributed by atoms with Crippen LogP contribution in [-0.2, 0) is 17.9 Å². The Kier molecular flexibility index (Phi) is 5.44. The van der Waals surface area contributed by atoms with Crippen LogP contribution in [0.15, 0.2) is 48.5 Å². The Hall–Kier alpha value is -3.34. The molecule has 0 saturated heterocycles. The number of aliphatic carboxylic acids is 1. The first kappa shape index (κ1) is 20.9. The number of carboxylic acids is 1. The number of benzene rings is 2. The van der Waals surface area contributed by atoms with Crippen LogP contribution in [0.3, 0.4) is 0 Å². The highest BCUT2D eigenvalue weighted by Gasteiger charge is 2.31. The zero-order valence-corrected chi connectivity index (χ0v) is 18.5. The van der Waals surface area contributed by atoms with E-state index in [0.717, 1.165) is 51.8 Å². The van der Waals surface area contributed by atoms with Gasteiger partial charge in [-0.1, -0.05) is 36.4 Å². The third-order valence-corrected chi connectivity index (χ3v) is 6.46. The molecule has 0 aliphatic carbocycles. The highest BCUT2D eigenvalue weighted by atomic mass is 16.4. The van der Waals surface area contributed by atoms with Crippen molar-refractivity contribution in [1.82, 2.24) is 9.13 Å². The van der Waals surface area contributed by atoms with Crippen LogP contribution in [-0.4, -0.2) is 26.0 Å². The largest absolute Gasteiger partial charge is 0.481 e. The monoisotopic (exact) mass is 416 g/mol. The van der Waals surface area contributed by atoms with Crippen molar-refractivity contribution in [3.8, 4) is 0 Å². The maximum atomic E-state index is 13.5. The first-order valence-electron chi connectivity index (χ1n) is 10.8. The van der Waals surface area contributed by atoms with Crippen LogP contribution < -0.4 is 0 Å². The third kappa shape index (κ3) is 3.25. The van der Waals surface area contributed by atoms with Crippen LogP contribution >= 0.6 is 0 Å². The number of aromatic nitrogens is 2. The normalized spacial score (nSPS) is 12.5. The Bertz CT molecular complexity index is 1310. The quantitative estimate of drug-likeness (QED) is 0.393. The summed E-state index contributed by atoms with van der Waals surface area (Å²) in [5.41, 5.74) is 5.21. The van der Waals surface area contributed by atoms with E-state index in [9.17, 15) is 14.7 Å². The second-order valence-corrected chi connectivity index (χ2v) is 8.00. The summed E-state index contributed by atoms with van der Waals surface area (Å²) in [6, 6.07) is 15.7. The molecule has 160 valence electrons. The van der Waals surface area contributed by atoms with Crippen LogP contribution in [0.2, 0.25) is 0 Å². The van der Waals surface area contributed by atoms with Gasteiger partial charge >= 0.3 is 5.97 Å². The molecule has 0 amide bonds. The molecule has 2 aromatic carbocycles. The summed E-state index contributed by atoms with van der Waals surface area (Å²) < 4.78 is 4.24. The number of carbonyl (C=O) groups is 2. The fourth-order valence-electron chi connectivity index (χ4n) is 5.10. The molecule has 2 heterocycles. The van der Waals surface area contributed by atoms with Gasteiger partial charge in [-0.15, -0.1) is 0 Å². The van der Waals surface area contributed by atoms with E-state index in [4.69, 9.17) is 0 Å². The van der Waals surface area contributed by atoms with E-state index in [1.54, 1.807) is 0 Å². The van der Waals surface area contributed by atoms with Crippen LogP contribution in [0.25, 0.3) is 21.8 Å². The van der Waals surface area contributed by atoms with Crippen molar-refractivity contribution in [2.24, 2.45) is 0 Å². The van der Waals surface area contributed by atoms with Gasteiger partial charge in [0.1, 0.15) is 0 Å². The Morgan fingerprint density at radius 1 is 0.839 bits per heavy atom. The minimum atomic E-state index is -0.965. The van der Waals surface area contributed by atoms with Crippen LogP contribution in [0.4, 0.5) is 0 Å². The number of fused-ring (bicyclic) bond motifs is 2. The number of para-hydroxylation sites is 2. The Labute approximate surface area is 181 Å². The van der Waals surface area contributed by atoms with Gasteiger partial charge in [0, 0.05) is 58.3 Å². The van der Waals surface area contributed by atoms with E-state index in [1.807, 2.05) is 69.3 Å². The summed E-state index contributed by atoms with van der Waals surface area (Å²) in [4.78, 5) is 25.9. The molecule has 4 aromatic rings. The fraction of sp³-hybridized carbons (Fsp3) is 0.308. The predicted octanol–water partition coefficient (Wildman–Crippen LogP) is 5.69. The molecule has 4 rings (SSSR count). The maximum Gasteiger partial charge on any atom is 0.311 e. The molecule has 1 unspecified atom stereocenters. The summed E-state index contributed by atoms with van der Waals surface area (Å²) in [7, 11) is 0. The lowest BCUT2D eigenvalue weighted by Crippen LogP contribution is -2.18. The maximum absolute atomic E-state index is 13.5. The number of Topliss-reactive ketones (excluding diaryl/α,β-unsaturated/α-hetero) is 1. The van der Waals surface area contributed by atoms with Gasteiger partial charge in [0.25, 0.3) is 0 Å². The molecule has 0 fully saturated rings. The molecule has 5 heteroatoms. The lowest BCUT2D eigenvalue weighted by Gasteiger charge is -2.14. The summed E-state index contributed by atoms with van der Waals surface area (Å²) >= 11 is 0. The molecule has 0 aliphatic rings.